The van der Waals surface area contributed by atoms with Crippen LogP contribution in [0.1, 0.15) is 25.1 Å². The largest absolute Gasteiger partial charge is 0.376 e. The fourth-order valence-electron chi connectivity index (χ4n) is 2.50. The van der Waals surface area contributed by atoms with Gasteiger partial charge in [-0.3, -0.25) is 9.71 Å². The number of hydrogen-bond acceptors (Lipinski definition) is 5. The minimum Gasteiger partial charge on any atom is -0.376 e. The SMILES string of the molecule is CC(C)Cn1cnc(S(=O)(=O)Nc2cnc3c(c2)COCC3)c1. The van der Waals surface area contributed by atoms with Gasteiger partial charge in [0, 0.05) is 30.4 Å². The zero-order valence-electron chi connectivity index (χ0n) is 13.2. The summed E-state index contributed by atoms with van der Waals surface area (Å²) in [6, 6.07) is 1.77. The third-order valence-electron chi connectivity index (χ3n) is 3.51. The van der Waals surface area contributed by atoms with Crippen LogP contribution in [-0.4, -0.2) is 29.6 Å². The number of rotatable bonds is 5. The van der Waals surface area contributed by atoms with Gasteiger partial charge in [0.25, 0.3) is 10.0 Å². The molecule has 3 heterocycles. The van der Waals surface area contributed by atoms with E-state index in [1.807, 2.05) is 0 Å². The lowest BCUT2D eigenvalue weighted by Crippen LogP contribution is -2.16. The van der Waals surface area contributed by atoms with E-state index in [1.165, 1.54) is 18.7 Å². The molecule has 1 aliphatic rings. The summed E-state index contributed by atoms with van der Waals surface area (Å²) in [5.41, 5.74) is 2.30. The summed E-state index contributed by atoms with van der Waals surface area (Å²) >= 11 is 0. The van der Waals surface area contributed by atoms with Gasteiger partial charge in [-0.05, 0) is 12.0 Å². The van der Waals surface area contributed by atoms with Gasteiger partial charge in [-0.2, -0.15) is 8.42 Å². The first kappa shape index (κ1) is 15.9. The Hall–Kier alpha value is -1.93. The monoisotopic (exact) mass is 336 g/mol. The minimum absolute atomic E-state index is 0.00659. The maximum absolute atomic E-state index is 12.4. The predicted octanol–water partition coefficient (Wildman–Crippen LogP) is 1.81. The van der Waals surface area contributed by atoms with Gasteiger partial charge in [0.15, 0.2) is 5.03 Å². The van der Waals surface area contributed by atoms with E-state index in [0.717, 1.165) is 24.2 Å². The quantitative estimate of drug-likeness (QED) is 0.900. The Kier molecular flexibility index (Phi) is 4.36. The lowest BCUT2D eigenvalue weighted by molar-refractivity contribution is 0.109. The highest BCUT2D eigenvalue weighted by atomic mass is 32.2. The molecule has 7 nitrogen and oxygen atoms in total. The molecule has 0 spiro atoms. The molecule has 0 atom stereocenters. The van der Waals surface area contributed by atoms with E-state index in [1.54, 1.807) is 10.6 Å². The molecule has 0 bridgehead atoms. The Bertz CT molecular complexity index is 799. The fourth-order valence-corrected chi connectivity index (χ4v) is 3.49. The summed E-state index contributed by atoms with van der Waals surface area (Å²) in [5, 5.41) is 0.00659. The topological polar surface area (TPSA) is 86.1 Å². The number of fused-ring (bicyclic) bond motifs is 1. The second-order valence-electron chi connectivity index (χ2n) is 6.04. The molecule has 124 valence electrons. The Morgan fingerprint density at radius 1 is 1.39 bits per heavy atom. The third-order valence-corrected chi connectivity index (χ3v) is 4.78. The van der Waals surface area contributed by atoms with Gasteiger partial charge < -0.3 is 9.30 Å². The van der Waals surface area contributed by atoms with E-state index >= 15 is 0 Å². The molecule has 8 heteroatoms. The van der Waals surface area contributed by atoms with Crippen LogP contribution in [-0.2, 0) is 34.3 Å². The number of sulfonamides is 1. The second-order valence-corrected chi connectivity index (χ2v) is 7.67. The van der Waals surface area contributed by atoms with Crippen LogP contribution in [0.5, 0.6) is 0 Å². The van der Waals surface area contributed by atoms with Crippen LogP contribution < -0.4 is 4.72 Å². The highest BCUT2D eigenvalue weighted by Crippen LogP contribution is 2.20. The zero-order valence-corrected chi connectivity index (χ0v) is 14.0. The lowest BCUT2D eigenvalue weighted by atomic mass is 10.1. The molecule has 2 aromatic heterocycles. The molecule has 0 fully saturated rings. The molecule has 0 saturated carbocycles. The number of pyridine rings is 1. The number of nitrogens with zero attached hydrogens (tertiary/aromatic N) is 3. The van der Waals surface area contributed by atoms with Crippen molar-refractivity contribution < 1.29 is 13.2 Å². The minimum atomic E-state index is -3.72. The molecule has 2 aromatic rings. The van der Waals surface area contributed by atoms with Crippen molar-refractivity contribution in [3.8, 4) is 0 Å². The van der Waals surface area contributed by atoms with Gasteiger partial charge in [-0.15, -0.1) is 0 Å². The maximum Gasteiger partial charge on any atom is 0.280 e. The van der Waals surface area contributed by atoms with Crippen molar-refractivity contribution in [2.45, 2.75) is 38.4 Å². The molecule has 1 aliphatic heterocycles. The molecule has 0 unspecified atom stereocenters. The van der Waals surface area contributed by atoms with E-state index < -0.39 is 10.0 Å². The molecule has 0 amide bonds. The normalized spacial score (nSPS) is 14.7. The number of aromatic nitrogens is 3. The number of ether oxygens (including phenoxy) is 1. The third kappa shape index (κ3) is 3.70. The van der Waals surface area contributed by atoms with Gasteiger partial charge in [-0.1, -0.05) is 13.8 Å². The lowest BCUT2D eigenvalue weighted by Gasteiger charge is -2.16. The summed E-state index contributed by atoms with van der Waals surface area (Å²) in [5.74, 6) is 0.414. The van der Waals surface area contributed by atoms with E-state index in [0.29, 0.717) is 24.8 Å². The molecule has 23 heavy (non-hydrogen) atoms. The van der Waals surface area contributed by atoms with Crippen molar-refractivity contribution in [2.75, 3.05) is 11.3 Å². The first-order chi connectivity index (χ1) is 10.9. The molecule has 3 rings (SSSR count). The first-order valence-corrected chi connectivity index (χ1v) is 9.02. The van der Waals surface area contributed by atoms with Gasteiger partial charge >= 0.3 is 0 Å². The Morgan fingerprint density at radius 3 is 3.00 bits per heavy atom. The van der Waals surface area contributed by atoms with Crippen molar-refractivity contribution in [3.63, 3.8) is 0 Å². The van der Waals surface area contributed by atoms with Gasteiger partial charge in [0.1, 0.15) is 0 Å². The number of anilines is 1. The average Bonchev–Trinajstić information content (AvgIpc) is 2.95. The van der Waals surface area contributed by atoms with Crippen molar-refractivity contribution in [1.29, 1.82) is 0 Å². The number of imidazole rings is 1. The molecule has 0 saturated heterocycles. The van der Waals surface area contributed by atoms with E-state index in [2.05, 4.69) is 28.5 Å². The van der Waals surface area contributed by atoms with Gasteiger partial charge in [-0.25, -0.2) is 4.98 Å². The summed E-state index contributed by atoms with van der Waals surface area (Å²) < 4.78 is 34.5. The van der Waals surface area contributed by atoms with Crippen molar-refractivity contribution in [2.24, 2.45) is 5.92 Å². The highest BCUT2D eigenvalue weighted by molar-refractivity contribution is 7.92. The fraction of sp³-hybridized carbons (Fsp3) is 0.467. The van der Waals surface area contributed by atoms with E-state index in [4.69, 9.17) is 4.74 Å². The summed E-state index contributed by atoms with van der Waals surface area (Å²) in [6.45, 7) is 5.96. The van der Waals surface area contributed by atoms with Crippen LogP contribution in [0.2, 0.25) is 0 Å². The maximum atomic E-state index is 12.4. The molecule has 0 aliphatic carbocycles. The summed E-state index contributed by atoms with van der Waals surface area (Å²) in [6.07, 6.45) is 5.36. The molecular weight excluding hydrogens is 316 g/mol. The van der Waals surface area contributed by atoms with E-state index in [9.17, 15) is 8.42 Å². The van der Waals surface area contributed by atoms with E-state index in [-0.39, 0.29) is 5.03 Å². The standard InChI is InChI=1S/C15H20N4O3S/c1-11(2)7-19-8-15(17-10-19)23(20,21)18-13-5-12-9-22-4-3-14(12)16-6-13/h5-6,8,10-11,18H,3-4,7,9H2,1-2H3. The van der Waals surface area contributed by atoms with Gasteiger partial charge in [0.2, 0.25) is 0 Å². The van der Waals surface area contributed by atoms with Crippen LogP contribution >= 0.6 is 0 Å². The van der Waals surface area contributed by atoms with Crippen LogP contribution in [0.4, 0.5) is 5.69 Å². The number of nitrogens with one attached hydrogen (secondary N) is 1. The number of hydrogen-bond donors (Lipinski definition) is 1. The zero-order chi connectivity index (χ0) is 16.4. The summed E-state index contributed by atoms with van der Waals surface area (Å²) in [7, 11) is -3.72. The Balaban J connectivity index is 1.79. The molecule has 1 N–H and O–H groups in total. The Morgan fingerprint density at radius 2 is 2.22 bits per heavy atom. The second kappa shape index (κ2) is 6.29. The van der Waals surface area contributed by atoms with Gasteiger partial charge in [0.05, 0.1) is 31.4 Å². The van der Waals surface area contributed by atoms with Crippen LogP contribution in [0.25, 0.3) is 0 Å². The smallest absolute Gasteiger partial charge is 0.280 e. The average molecular weight is 336 g/mol. The predicted molar refractivity (Wildman–Crippen MR) is 85.5 cm³/mol. The van der Waals surface area contributed by atoms with Crippen LogP contribution in [0.15, 0.2) is 29.8 Å². The van der Waals surface area contributed by atoms with Crippen LogP contribution in [0, 0.1) is 5.92 Å². The molecule has 0 aromatic carbocycles. The molecule has 0 radical (unpaired) electrons. The van der Waals surface area contributed by atoms with Crippen molar-refractivity contribution in [3.05, 3.63) is 36.0 Å². The summed E-state index contributed by atoms with van der Waals surface area (Å²) in [4.78, 5) is 8.30. The first-order valence-electron chi connectivity index (χ1n) is 7.54. The van der Waals surface area contributed by atoms with Crippen molar-refractivity contribution >= 4 is 15.7 Å². The Labute approximate surface area is 135 Å². The highest BCUT2D eigenvalue weighted by Gasteiger charge is 2.19. The van der Waals surface area contributed by atoms with Crippen molar-refractivity contribution in [1.82, 2.24) is 14.5 Å². The molecular formula is C15H20N4O3S. The van der Waals surface area contributed by atoms with Crippen LogP contribution in [0.3, 0.4) is 0 Å².